The smallest absolute Gasteiger partial charge is 0.790 e. The van der Waals surface area contributed by atoms with Crippen molar-refractivity contribution in [3.8, 4) is 11.3 Å². The maximum atomic E-state index is 11.6. The molecule has 0 aromatic heterocycles. The van der Waals surface area contributed by atoms with Gasteiger partial charge in [0.05, 0.1) is 7.82 Å². The zero-order valence-electron chi connectivity index (χ0n) is 12.1. The molecule has 3 rings (SSSR count). The Labute approximate surface area is 170 Å². The summed E-state index contributed by atoms with van der Waals surface area (Å²) in [6.07, 6.45) is 0. The molecule has 1 aromatic carbocycles. The van der Waals surface area contributed by atoms with Crippen molar-refractivity contribution in [2.75, 3.05) is 0 Å². The molecule has 9 heteroatoms. The third kappa shape index (κ3) is 6.64. The summed E-state index contributed by atoms with van der Waals surface area (Å²) >= 11 is 0. The Morgan fingerprint density at radius 3 is 2.23 bits per heavy atom. The van der Waals surface area contributed by atoms with Crippen LogP contribution in [-0.4, -0.2) is 9.88 Å². The maximum Gasteiger partial charge on any atom is 1.00 e. The van der Waals surface area contributed by atoms with Gasteiger partial charge < -0.3 is 24.2 Å². The molecule has 0 unspecified atom stereocenters. The van der Waals surface area contributed by atoms with E-state index in [0.717, 1.165) is 22.2 Å². The van der Waals surface area contributed by atoms with Crippen LogP contribution in [0.15, 0.2) is 53.3 Å². The average Bonchev–Trinajstić information content (AvgIpc) is 2.35. The number of phosphoric acid groups is 1. The van der Waals surface area contributed by atoms with Crippen molar-refractivity contribution in [1.82, 2.24) is 4.98 Å². The van der Waals surface area contributed by atoms with E-state index in [1.54, 1.807) is 12.1 Å². The molecule has 1 aromatic rings. The van der Waals surface area contributed by atoms with Gasteiger partial charge in [-0.25, -0.2) is 0 Å². The number of hydrogen-bond acceptors (Lipinski definition) is 4. The summed E-state index contributed by atoms with van der Waals surface area (Å²) in [5.74, 6) is 0. The molecule has 0 fully saturated rings. The van der Waals surface area contributed by atoms with Gasteiger partial charge in [-0.05, 0) is 29.7 Å². The number of hydrogen-bond donors (Lipinski definition) is 2. The normalized spacial score (nSPS) is 10.1. The van der Waals surface area contributed by atoms with Crippen molar-refractivity contribution in [2.24, 2.45) is 0 Å². The molecule has 0 spiro atoms. The molecule has 1 aliphatic heterocycles. The average molecular weight is 337 g/mol. The van der Waals surface area contributed by atoms with Gasteiger partial charge in [0.15, 0.2) is 5.43 Å². The molecule has 6 nitrogen and oxygen atoms in total. The van der Waals surface area contributed by atoms with Gasteiger partial charge in [-0.2, -0.15) is 0 Å². The fraction of sp³-hybridized carbons (Fsp3) is 0. The van der Waals surface area contributed by atoms with Crippen LogP contribution in [0.2, 0.25) is 0 Å². The fourth-order valence-corrected chi connectivity index (χ4v) is 1.84. The molecular weight excluding hydrogens is 327 g/mol. The van der Waals surface area contributed by atoms with Crippen LogP contribution in [0.3, 0.4) is 0 Å². The molecule has 2 aliphatic rings. The molecule has 1 heterocycles. The topological polar surface area (TPSA) is 116 Å². The first-order valence-electron chi connectivity index (χ1n) is 5.60. The molecule has 0 amide bonds. The Kier molecular flexibility index (Phi) is 9.36. The van der Waals surface area contributed by atoms with Gasteiger partial charge in [0.1, 0.15) is 0 Å². The Hall–Kier alpha value is 0.0200. The Balaban J connectivity index is 0.000000559. The van der Waals surface area contributed by atoms with Crippen LogP contribution >= 0.6 is 7.82 Å². The van der Waals surface area contributed by atoms with Crippen molar-refractivity contribution in [2.45, 2.75) is 0 Å². The first-order valence-corrected chi connectivity index (χ1v) is 7.10. The van der Waals surface area contributed by atoms with Crippen molar-refractivity contribution in [3.05, 3.63) is 58.8 Å². The number of pyridine rings is 1. The molecule has 2 N–H and O–H groups in total. The van der Waals surface area contributed by atoms with Crippen LogP contribution in [0.4, 0.5) is 0 Å². The monoisotopic (exact) mass is 337 g/mol. The number of fused-ring (bicyclic) bond motifs is 2. The van der Waals surface area contributed by atoms with Crippen molar-refractivity contribution in [1.29, 1.82) is 0 Å². The predicted octanol–water partition coefficient (Wildman–Crippen LogP) is -5.55. The van der Waals surface area contributed by atoms with Gasteiger partial charge in [-0.15, -0.1) is 0 Å². The molecule has 0 bridgehead atoms. The van der Waals surface area contributed by atoms with Crippen LogP contribution in [0.1, 0.15) is 0 Å². The second-order valence-electron chi connectivity index (χ2n) is 4.04. The predicted molar refractivity (Wildman–Crippen MR) is 71.0 cm³/mol. The Bertz CT molecular complexity index is 809. The minimum Gasteiger partial charge on any atom is -0.790 e. The summed E-state index contributed by atoms with van der Waals surface area (Å²) in [5, 5.41) is 1.06. The van der Waals surface area contributed by atoms with Crippen LogP contribution in [0, 0.1) is 0 Å². The van der Waals surface area contributed by atoms with E-state index in [4.69, 9.17) is 19.2 Å². The number of H-pyrrole nitrogens is 1. The second-order valence-corrected chi connectivity index (χ2v) is 4.98. The molecule has 0 atom stereocenters. The van der Waals surface area contributed by atoms with Crippen molar-refractivity contribution in [3.63, 3.8) is 0 Å². The minimum absolute atomic E-state index is 0. The number of para-hydroxylation sites is 1. The van der Waals surface area contributed by atoms with E-state index < -0.39 is 7.82 Å². The SMILES string of the molecule is O=P([O-])([O-])O.O=c1cccc2[nH]c3ccccc3cc1-2.[Na+].[Na+]. The molecule has 0 radical (unpaired) electrons. The standard InChI is InChI=1S/C13H9NO.2Na.H3O4P/c15-13-7-3-6-12-10(13)8-9-4-1-2-5-11(9)14-12;;;1-5(2,3)4/h1-8,14H;;;(H3,1,2,3,4)/q;2*+1;/p-2. The summed E-state index contributed by atoms with van der Waals surface area (Å²) in [7, 11) is -5.14. The van der Waals surface area contributed by atoms with E-state index in [9.17, 15) is 4.79 Å². The largest absolute Gasteiger partial charge is 1.00 e. The van der Waals surface area contributed by atoms with Gasteiger partial charge in [-0.3, -0.25) is 4.79 Å². The van der Waals surface area contributed by atoms with E-state index in [1.807, 2.05) is 36.4 Å². The molecule has 0 saturated heterocycles. The van der Waals surface area contributed by atoms with Crippen molar-refractivity contribution >= 4 is 18.7 Å². The van der Waals surface area contributed by atoms with E-state index in [2.05, 4.69) is 4.98 Å². The van der Waals surface area contributed by atoms with E-state index in [-0.39, 0.29) is 64.5 Å². The molecular formula is C13H10NNa2O5P. The van der Waals surface area contributed by atoms with Crippen LogP contribution in [0.5, 0.6) is 0 Å². The molecule has 22 heavy (non-hydrogen) atoms. The molecule has 0 saturated carbocycles. The van der Waals surface area contributed by atoms with Gasteiger partial charge >= 0.3 is 59.1 Å². The third-order valence-corrected chi connectivity index (χ3v) is 2.60. The van der Waals surface area contributed by atoms with Crippen LogP contribution in [-0.2, 0) is 4.57 Å². The van der Waals surface area contributed by atoms with Gasteiger partial charge in [0.2, 0.25) is 0 Å². The quantitative estimate of drug-likeness (QED) is 0.241. The summed E-state index contributed by atoms with van der Waals surface area (Å²) in [6.45, 7) is 0. The molecule has 104 valence electrons. The number of aromatic amines is 1. The summed E-state index contributed by atoms with van der Waals surface area (Å²) in [6, 6.07) is 15.2. The summed E-state index contributed by atoms with van der Waals surface area (Å²) < 4.78 is 8.66. The van der Waals surface area contributed by atoms with Gasteiger partial charge in [0.25, 0.3) is 0 Å². The number of rotatable bonds is 0. The van der Waals surface area contributed by atoms with Crippen LogP contribution < -0.4 is 74.3 Å². The van der Waals surface area contributed by atoms with Crippen LogP contribution in [0.25, 0.3) is 22.2 Å². The van der Waals surface area contributed by atoms with Gasteiger partial charge in [0, 0.05) is 16.8 Å². The maximum absolute atomic E-state index is 11.6. The first kappa shape index (κ1) is 22.0. The fourth-order valence-electron chi connectivity index (χ4n) is 1.84. The third-order valence-electron chi connectivity index (χ3n) is 2.60. The van der Waals surface area contributed by atoms with E-state index in [0.29, 0.717) is 0 Å². The Morgan fingerprint density at radius 2 is 1.59 bits per heavy atom. The number of benzene rings is 2. The Morgan fingerprint density at radius 1 is 1.00 bits per heavy atom. The zero-order chi connectivity index (χ0) is 14.8. The summed E-state index contributed by atoms with van der Waals surface area (Å²) in [5.41, 5.74) is 2.75. The van der Waals surface area contributed by atoms with Crippen molar-refractivity contribution < 1.29 is 78.4 Å². The number of nitrogens with one attached hydrogen (secondary N) is 1. The molecule has 1 aliphatic carbocycles. The minimum atomic E-state index is -5.14. The first-order chi connectivity index (χ1) is 9.34. The van der Waals surface area contributed by atoms with E-state index >= 15 is 0 Å². The zero-order valence-corrected chi connectivity index (χ0v) is 17.0. The number of aromatic nitrogens is 1. The van der Waals surface area contributed by atoms with E-state index in [1.165, 1.54) is 0 Å². The second kappa shape index (κ2) is 9.35. The summed E-state index contributed by atoms with van der Waals surface area (Å²) in [4.78, 5) is 39.1. The van der Waals surface area contributed by atoms with Gasteiger partial charge in [-0.1, -0.05) is 24.3 Å².